The highest BCUT2D eigenvalue weighted by molar-refractivity contribution is 6.07. The molecule has 0 saturated carbocycles. The highest BCUT2D eigenvalue weighted by atomic mass is 14.4. The lowest BCUT2D eigenvalue weighted by atomic mass is 9.91. The lowest BCUT2D eigenvalue weighted by Gasteiger charge is -2.12. The predicted octanol–water partition coefficient (Wildman–Crippen LogP) is 30.3. The summed E-state index contributed by atoms with van der Waals surface area (Å²) >= 11 is 0. The first-order chi connectivity index (χ1) is 47.7. The first-order valence-electron chi connectivity index (χ1n) is 37.9. The van der Waals surface area contributed by atoms with Gasteiger partial charge in [0.2, 0.25) is 0 Å². The molecule has 6 aliphatic rings. The van der Waals surface area contributed by atoms with Gasteiger partial charge in [-0.1, -0.05) is 385 Å². The van der Waals surface area contributed by atoms with Gasteiger partial charge < -0.3 is 0 Å². The molecule has 0 nitrogen and oxygen atoms in total. The maximum atomic E-state index is 2.36. The van der Waals surface area contributed by atoms with E-state index in [0.29, 0.717) is 0 Å². The minimum absolute atomic E-state index is 1.06. The average molecular weight is 1270 g/mol. The first-order valence-corrected chi connectivity index (χ1v) is 37.9. The highest BCUT2D eigenvalue weighted by Gasteiger charge is 2.32. The van der Waals surface area contributed by atoms with Crippen molar-refractivity contribution in [1.82, 2.24) is 0 Å². The second-order valence-electron chi connectivity index (χ2n) is 20.9. The summed E-state index contributed by atoms with van der Waals surface area (Å²) in [5.74, 6) is 0. The summed E-state index contributed by atoms with van der Waals surface area (Å²) in [5.41, 5.74) is 35.4. The first kappa shape index (κ1) is 79.9. The fourth-order valence-electron chi connectivity index (χ4n) is 14.0. The third kappa shape index (κ3) is 15.9. The van der Waals surface area contributed by atoms with Crippen LogP contribution >= 0.6 is 0 Å². The zero-order chi connectivity index (χ0) is 71.0. The molecule has 0 aromatic heterocycles. The molecule has 504 valence electrons. The Balaban J connectivity index is 0.000000265. The summed E-state index contributed by atoms with van der Waals surface area (Å²) in [5, 5.41) is 8.24. The van der Waals surface area contributed by atoms with Gasteiger partial charge in [-0.05, 0) is 204 Å². The van der Waals surface area contributed by atoms with Crippen molar-refractivity contribution in [2.45, 2.75) is 205 Å². The summed E-state index contributed by atoms with van der Waals surface area (Å²) in [6, 6.07) is 80.9. The lowest BCUT2D eigenvalue weighted by molar-refractivity contribution is 1.17. The summed E-state index contributed by atoms with van der Waals surface area (Å²) in [7, 11) is 0. The fourth-order valence-corrected chi connectivity index (χ4v) is 14.0. The van der Waals surface area contributed by atoms with E-state index in [1.807, 2.05) is 166 Å². The molecule has 0 saturated heterocycles. The molecule has 6 aliphatic carbocycles. The molecule has 0 heteroatoms. The van der Waals surface area contributed by atoms with Gasteiger partial charge in [-0.2, -0.15) is 0 Å². The van der Waals surface area contributed by atoms with E-state index in [1.54, 1.807) is 11.1 Å². The predicted molar refractivity (Wildman–Crippen MR) is 437 cm³/mol. The summed E-state index contributed by atoms with van der Waals surface area (Å²) in [6.07, 6.45) is 6.42. The Bertz CT molecular complexity index is 4330. The topological polar surface area (TPSA) is 0 Å². The van der Waals surface area contributed by atoms with Crippen LogP contribution in [0, 0.1) is 0 Å². The van der Waals surface area contributed by atoms with Gasteiger partial charge in [-0.25, -0.2) is 0 Å². The smallest absolute Gasteiger partial charge is 0.000421 e. The Morgan fingerprint density at radius 3 is 0.917 bits per heavy atom. The van der Waals surface area contributed by atoms with Crippen molar-refractivity contribution in [3.8, 4) is 66.8 Å². The molecular formula is C96H120. The molecule has 96 heavy (non-hydrogen) atoms. The van der Waals surface area contributed by atoms with Crippen LogP contribution in [0.15, 0.2) is 218 Å². The minimum atomic E-state index is 1.06. The van der Waals surface area contributed by atoms with Gasteiger partial charge in [0.1, 0.15) is 0 Å². The van der Waals surface area contributed by atoms with Gasteiger partial charge in [0.15, 0.2) is 0 Å². The zero-order valence-corrected chi connectivity index (χ0v) is 64.0. The second-order valence-corrected chi connectivity index (χ2v) is 20.9. The van der Waals surface area contributed by atoms with E-state index in [2.05, 4.69) is 218 Å². The van der Waals surface area contributed by atoms with Crippen LogP contribution in [0.3, 0.4) is 0 Å². The molecule has 0 aliphatic heterocycles. The third-order valence-corrected chi connectivity index (χ3v) is 17.2. The van der Waals surface area contributed by atoms with Gasteiger partial charge in [-0.15, -0.1) is 0 Å². The monoisotopic (exact) mass is 1270 g/mol. The van der Waals surface area contributed by atoms with E-state index in [0.717, 1.165) is 38.5 Å². The SMILES string of the molecule is CC.CC.CC.CC.CC.CC.CC.CC.CC.CC.CC.CC.c1ccc2c(c1)Cc1c-2ccc2c1-c1c(ccc3ccccc13)C2.c1ccc2c(c1)Cc1c-2ccc2c1Cc1c-2ccc2ccccc12.c1ccc2c(c1)Cc1ccc3c(c1-2)-c1c(ccc2ccccc12)C3. The van der Waals surface area contributed by atoms with Gasteiger partial charge in [0.25, 0.3) is 0 Å². The summed E-state index contributed by atoms with van der Waals surface area (Å²) < 4.78 is 0. The van der Waals surface area contributed by atoms with Gasteiger partial charge in [-0.3, -0.25) is 0 Å². The molecule has 0 bridgehead atoms. The maximum Gasteiger partial charge on any atom is -0.000421 e. The van der Waals surface area contributed by atoms with Gasteiger partial charge >= 0.3 is 0 Å². The van der Waals surface area contributed by atoms with Crippen LogP contribution in [0.25, 0.3) is 99.1 Å². The highest BCUT2D eigenvalue weighted by Crippen LogP contribution is 2.53. The number of hydrogen-bond acceptors (Lipinski definition) is 0. The van der Waals surface area contributed by atoms with Crippen molar-refractivity contribution in [3.63, 3.8) is 0 Å². The molecule has 0 atom stereocenters. The van der Waals surface area contributed by atoms with Crippen molar-refractivity contribution in [1.29, 1.82) is 0 Å². The van der Waals surface area contributed by atoms with E-state index >= 15 is 0 Å². The largest absolute Gasteiger partial charge is 0.0683 e. The van der Waals surface area contributed by atoms with E-state index in [1.165, 1.54) is 155 Å². The average Bonchev–Trinajstić information content (AvgIpc) is 1.58. The van der Waals surface area contributed by atoms with Gasteiger partial charge in [0, 0.05) is 0 Å². The van der Waals surface area contributed by atoms with E-state index in [9.17, 15) is 0 Å². The fraction of sp³-hybridized carbons (Fsp3) is 0.312. The van der Waals surface area contributed by atoms with Crippen LogP contribution in [0.2, 0.25) is 0 Å². The number of benzene rings is 12. The molecule has 0 heterocycles. The van der Waals surface area contributed by atoms with Crippen LogP contribution in [-0.4, -0.2) is 0 Å². The van der Waals surface area contributed by atoms with Crippen molar-refractivity contribution < 1.29 is 0 Å². The summed E-state index contributed by atoms with van der Waals surface area (Å²) in [6.45, 7) is 48.0. The Morgan fingerprint density at radius 2 is 0.417 bits per heavy atom. The molecular weight excluding hydrogens is 1150 g/mol. The third-order valence-electron chi connectivity index (χ3n) is 17.2. The van der Waals surface area contributed by atoms with Crippen LogP contribution < -0.4 is 0 Å². The Morgan fingerprint density at radius 1 is 0.146 bits per heavy atom. The number of fused-ring (bicyclic) bond motifs is 27. The Kier molecular flexibility index (Phi) is 34.4. The van der Waals surface area contributed by atoms with Crippen LogP contribution in [0.1, 0.15) is 233 Å². The quantitative estimate of drug-likeness (QED) is 0.142. The van der Waals surface area contributed by atoms with Crippen LogP contribution in [-0.2, 0) is 38.5 Å². The molecule has 12 aromatic rings. The van der Waals surface area contributed by atoms with E-state index < -0.39 is 0 Å². The van der Waals surface area contributed by atoms with Crippen molar-refractivity contribution >= 4 is 32.3 Å². The Labute approximate surface area is 585 Å². The molecule has 0 N–H and O–H groups in total. The van der Waals surface area contributed by atoms with Crippen LogP contribution in [0.5, 0.6) is 0 Å². The molecule has 0 unspecified atom stereocenters. The minimum Gasteiger partial charge on any atom is -0.0683 e. The van der Waals surface area contributed by atoms with E-state index in [-0.39, 0.29) is 0 Å². The Hall–Kier alpha value is -8.58. The standard InChI is InChI=1S/3C24H16.12C2H6/c1-4-8-20-15(5-1)9-10-17-13-18-11-12-21-19-7-3-2-6-16(19)14-22(21)24(18)23(17)20;1-3-7-20-15(5-1)9-10-18-14-19-12-11-17-13-16-6-2-4-8-21(16)23(17)24(19)22(18)20;1-3-7-17-15(5-1)9-10-20-21-12-11-19-18-8-4-2-6-16(18)13-22(19)24(21)14-23(17)20;12*1-2/h3*1-12H,13-14H2;12*1-2H3. The maximum absolute atomic E-state index is 2.36. The second kappa shape index (κ2) is 41.4. The number of hydrogen-bond donors (Lipinski definition) is 0. The van der Waals surface area contributed by atoms with Crippen molar-refractivity contribution in [2.75, 3.05) is 0 Å². The molecule has 18 rings (SSSR count). The molecule has 0 radical (unpaired) electrons. The van der Waals surface area contributed by atoms with E-state index in [4.69, 9.17) is 0 Å². The van der Waals surface area contributed by atoms with Crippen molar-refractivity contribution in [2.24, 2.45) is 0 Å². The summed E-state index contributed by atoms with van der Waals surface area (Å²) in [4.78, 5) is 0. The van der Waals surface area contributed by atoms with Crippen molar-refractivity contribution in [3.05, 3.63) is 285 Å². The zero-order valence-electron chi connectivity index (χ0n) is 64.0. The molecule has 12 aromatic carbocycles. The normalized spacial score (nSPS) is 10.9. The lowest BCUT2D eigenvalue weighted by Crippen LogP contribution is -1.91. The molecule has 0 amide bonds. The van der Waals surface area contributed by atoms with Gasteiger partial charge in [0.05, 0.1) is 0 Å². The molecule has 0 fully saturated rings. The number of rotatable bonds is 0. The molecule has 0 spiro atoms. The van der Waals surface area contributed by atoms with Crippen LogP contribution in [0.4, 0.5) is 0 Å².